The number of hydrogen-bond donors (Lipinski definition) is 1. The van der Waals surface area contributed by atoms with Crippen molar-refractivity contribution in [2.45, 2.75) is 0 Å². The fourth-order valence-corrected chi connectivity index (χ4v) is 0.838. The second-order valence-electron chi connectivity index (χ2n) is 2.61. The monoisotopic (exact) mass is 180 g/mol. The molecule has 0 aliphatic carbocycles. The molecule has 1 aromatic rings. The quantitative estimate of drug-likeness (QED) is 0.576. The van der Waals surface area contributed by atoms with E-state index in [0.717, 1.165) is 4.68 Å². The second-order valence-corrected chi connectivity index (χ2v) is 2.61. The minimum absolute atomic E-state index is 0.0895. The Morgan fingerprint density at radius 3 is 2.62 bits per heavy atom. The molecule has 1 aromatic heterocycles. The van der Waals surface area contributed by atoms with Gasteiger partial charge in [-0.1, -0.05) is 0 Å². The third kappa shape index (κ3) is 1.59. The summed E-state index contributed by atoms with van der Waals surface area (Å²) in [6.45, 7) is 0. The SMILES string of the molecule is CN(C)n1cc(C#N)c(=O)[nH]c1=O. The molecule has 1 rings (SSSR count). The molecule has 0 spiro atoms. The molecule has 0 radical (unpaired) electrons. The van der Waals surface area contributed by atoms with E-state index in [9.17, 15) is 9.59 Å². The minimum atomic E-state index is -0.661. The molecule has 0 fully saturated rings. The van der Waals surface area contributed by atoms with E-state index < -0.39 is 11.2 Å². The van der Waals surface area contributed by atoms with Crippen molar-refractivity contribution in [2.24, 2.45) is 0 Å². The Morgan fingerprint density at radius 2 is 2.15 bits per heavy atom. The average Bonchev–Trinajstić information content (AvgIpc) is 2.03. The van der Waals surface area contributed by atoms with Crippen molar-refractivity contribution in [3.63, 3.8) is 0 Å². The first kappa shape index (κ1) is 9.06. The third-order valence-corrected chi connectivity index (χ3v) is 1.48. The van der Waals surface area contributed by atoms with Crippen molar-refractivity contribution in [3.8, 4) is 6.07 Å². The predicted octanol–water partition coefficient (Wildman–Crippen LogP) is -1.39. The van der Waals surface area contributed by atoms with Crippen molar-refractivity contribution >= 4 is 0 Å². The summed E-state index contributed by atoms with van der Waals surface area (Å²) in [4.78, 5) is 24.1. The number of nitrogens with zero attached hydrogens (tertiary/aromatic N) is 3. The van der Waals surface area contributed by atoms with E-state index in [0.29, 0.717) is 0 Å². The van der Waals surface area contributed by atoms with Gasteiger partial charge in [0.15, 0.2) is 0 Å². The van der Waals surface area contributed by atoms with Gasteiger partial charge in [0.25, 0.3) is 5.56 Å². The van der Waals surface area contributed by atoms with Gasteiger partial charge < -0.3 is 5.01 Å². The van der Waals surface area contributed by atoms with E-state index >= 15 is 0 Å². The Balaban J connectivity index is 3.51. The molecule has 13 heavy (non-hydrogen) atoms. The Kier molecular flexibility index (Phi) is 2.19. The van der Waals surface area contributed by atoms with Crippen molar-refractivity contribution < 1.29 is 0 Å². The molecule has 0 saturated heterocycles. The van der Waals surface area contributed by atoms with Crippen LogP contribution < -0.4 is 16.3 Å². The highest BCUT2D eigenvalue weighted by molar-refractivity contribution is 5.22. The number of nitrogens with one attached hydrogen (secondary N) is 1. The first-order valence-electron chi connectivity index (χ1n) is 3.50. The number of H-pyrrole nitrogens is 1. The second kappa shape index (κ2) is 3.15. The van der Waals surface area contributed by atoms with Crippen molar-refractivity contribution in [2.75, 3.05) is 19.1 Å². The lowest BCUT2D eigenvalue weighted by molar-refractivity contribution is 0.669. The highest BCUT2D eigenvalue weighted by Gasteiger charge is 2.03. The van der Waals surface area contributed by atoms with E-state index in [1.54, 1.807) is 20.2 Å². The molecule has 1 N–H and O–H groups in total. The molecule has 0 unspecified atom stereocenters. The Hall–Kier alpha value is -2.03. The summed E-state index contributed by atoms with van der Waals surface area (Å²) >= 11 is 0. The van der Waals surface area contributed by atoms with Gasteiger partial charge in [0.05, 0.1) is 6.20 Å². The van der Waals surface area contributed by atoms with Crippen LogP contribution in [0.25, 0.3) is 0 Å². The normalized spacial score (nSPS) is 9.31. The first-order valence-corrected chi connectivity index (χ1v) is 3.50. The lowest BCUT2D eigenvalue weighted by Gasteiger charge is -2.14. The fourth-order valence-electron chi connectivity index (χ4n) is 0.838. The van der Waals surface area contributed by atoms with Gasteiger partial charge in [0.1, 0.15) is 11.6 Å². The van der Waals surface area contributed by atoms with Crippen LogP contribution in [0.4, 0.5) is 0 Å². The summed E-state index contributed by atoms with van der Waals surface area (Å²) in [7, 11) is 3.25. The summed E-state index contributed by atoms with van der Waals surface area (Å²) in [5, 5.41) is 9.97. The van der Waals surface area contributed by atoms with E-state index in [-0.39, 0.29) is 5.56 Å². The van der Waals surface area contributed by atoms with Crippen LogP contribution in [-0.2, 0) is 0 Å². The number of aromatic nitrogens is 2. The van der Waals surface area contributed by atoms with Gasteiger partial charge in [-0.3, -0.25) is 9.78 Å². The van der Waals surface area contributed by atoms with Gasteiger partial charge in [-0.2, -0.15) is 5.26 Å². The van der Waals surface area contributed by atoms with Crippen molar-refractivity contribution in [1.82, 2.24) is 9.66 Å². The topological polar surface area (TPSA) is 81.9 Å². The molecule has 0 atom stereocenters. The van der Waals surface area contributed by atoms with Gasteiger partial charge >= 0.3 is 5.69 Å². The molecule has 1 heterocycles. The molecular formula is C7H8N4O2. The largest absolute Gasteiger partial charge is 0.347 e. The molecule has 0 amide bonds. The fraction of sp³-hybridized carbons (Fsp3) is 0.286. The maximum absolute atomic E-state index is 11.1. The van der Waals surface area contributed by atoms with Crippen LogP contribution in [0, 0.1) is 11.3 Å². The predicted molar refractivity (Wildman–Crippen MR) is 46.1 cm³/mol. The number of rotatable bonds is 1. The number of aromatic amines is 1. The van der Waals surface area contributed by atoms with Crippen LogP contribution in [0.1, 0.15) is 5.56 Å². The standard InChI is InChI=1S/C7H8N4O2/c1-10(2)11-4-5(3-8)6(12)9-7(11)13/h4H,1-2H3,(H,9,12,13). The van der Waals surface area contributed by atoms with Crippen molar-refractivity contribution in [1.29, 1.82) is 5.26 Å². The summed E-state index contributed by atoms with van der Waals surface area (Å²) in [5.41, 5.74) is -1.31. The highest BCUT2D eigenvalue weighted by Crippen LogP contribution is 1.83. The Morgan fingerprint density at radius 1 is 1.54 bits per heavy atom. The average molecular weight is 180 g/mol. The molecule has 0 aromatic carbocycles. The highest BCUT2D eigenvalue weighted by atomic mass is 16.2. The molecule has 0 aliphatic heterocycles. The zero-order valence-electron chi connectivity index (χ0n) is 7.24. The molecule has 68 valence electrons. The lowest BCUT2D eigenvalue weighted by Crippen LogP contribution is -2.40. The van der Waals surface area contributed by atoms with Crippen LogP contribution in [0.3, 0.4) is 0 Å². The van der Waals surface area contributed by atoms with Crippen LogP contribution in [0.2, 0.25) is 0 Å². The Bertz CT molecular complexity index is 463. The first-order chi connectivity index (χ1) is 6.06. The summed E-state index contributed by atoms with van der Waals surface area (Å²) < 4.78 is 1.14. The van der Waals surface area contributed by atoms with E-state index in [2.05, 4.69) is 0 Å². The molecule has 6 nitrogen and oxygen atoms in total. The smallest absolute Gasteiger partial charge is 0.315 e. The summed E-state index contributed by atoms with van der Waals surface area (Å²) in [6.07, 6.45) is 1.20. The number of nitriles is 1. The minimum Gasteiger partial charge on any atom is -0.315 e. The van der Waals surface area contributed by atoms with Crippen LogP contribution in [0.15, 0.2) is 15.8 Å². The van der Waals surface area contributed by atoms with Crippen LogP contribution >= 0.6 is 0 Å². The van der Waals surface area contributed by atoms with Crippen LogP contribution in [0.5, 0.6) is 0 Å². The molecular weight excluding hydrogens is 172 g/mol. The van der Waals surface area contributed by atoms with Gasteiger partial charge in [-0.25, -0.2) is 9.47 Å². The van der Waals surface area contributed by atoms with Gasteiger partial charge in [-0.15, -0.1) is 0 Å². The summed E-state index contributed by atoms with van der Waals surface area (Å²) in [6, 6.07) is 1.69. The molecule has 6 heteroatoms. The summed E-state index contributed by atoms with van der Waals surface area (Å²) in [5.74, 6) is 0. The molecule has 0 aliphatic rings. The van der Waals surface area contributed by atoms with Crippen molar-refractivity contribution in [3.05, 3.63) is 32.6 Å². The third-order valence-electron chi connectivity index (χ3n) is 1.48. The lowest BCUT2D eigenvalue weighted by atomic mass is 10.4. The van der Waals surface area contributed by atoms with E-state index in [1.807, 2.05) is 4.98 Å². The van der Waals surface area contributed by atoms with E-state index in [4.69, 9.17) is 5.26 Å². The van der Waals surface area contributed by atoms with Gasteiger partial charge in [-0.05, 0) is 0 Å². The number of hydrogen-bond acceptors (Lipinski definition) is 4. The maximum Gasteiger partial charge on any atom is 0.347 e. The van der Waals surface area contributed by atoms with Gasteiger partial charge in [0.2, 0.25) is 0 Å². The zero-order valence-corrected chi connectivity index (χ0v) is 7.24. The van der Waals surface area contributed by atoms with E-state index in [1.165, 1.54) is 11.2 Å². The van der Waals surface area contributed by atoms with Gasteiger partial charge in [0, 0.05) is 14.1 Å². The molecule has 0 bridgehead atoms. The zero-order chi connectivity index (χ0) is 10.0. The molecule has 0 saturated carbocycles. The van der Waals surface area contributed by atoms with Crippen LogP contribution in [-0.4, -0.2) is 23.8 Å². The Labute approximate surface area is 73.6 Å². The maximum atomic E-state index is 11.1.